The highest BCUT2D eigenvalue weighted by Gasteiger charge is 2.21. The Hall–Kier alpha value is -1.30. The van der Waals surface area contributed by atoms with Crippen LogP contribution >= 0.6 is 0 Å². The molecule has 0 saturated carbocycles. The first-order valence-electron chi connectivity index (χ1n) is 5.86. The van der Waals surface area contributed by atoms with Crippen LogP contribution in [0.1, 0.15) is 40.0 Å². The number of hydrogen-bond donors (Lipinski definition) is 0. The molecule has 0 atom stereocenters. The maximum Gasteiger partial charge on any atom is 0.264 e. The zero-order chi connectivity index (χ0) is 12.2. The molecule has 0 N–H and O–H groups in total. The minimum atomic E-state index is -0.128. The predicted molar refractivity (Wildman–Crippen MR) is 63.6 cm³/mol. The Balaban J connectivity index is 2.77. The van der Waals surface area contributed by atoms with E-state index < -0.39 is 0 Å². The standard InChI is InChI=1S/C13H20N2O/c1-13(2,3)9-11(10-14)12(16)15-7-5-4-6-8-15/h9H,4-8H2,1-3H3/b11-9+. The molecule has 3 heteroatoms. The number of hydrogen-bond acceptors (Lipinski definition) is 2. The molecule has 0 bridgehead atoms. The third kappa shape index (κ3) is 3.69. The largest absolute Gasteiger partial charge is 0.338 e. The van der Waals surface area contributed by atoms with Crippen LogP contribution in [0.15, 0.2) is 11.6 Å². The fourth-order valence-corrected chi connectivity index (χ4v) is 1.84. The fraction of sp³-hybridized carbons (Fsp3) is 0.692. The molecule has 0 aromatic carbocycles. The first-order chi connectivity index (χ1) is 7.44. The molecule has 1 rings (SSSR count). The third-order valence-corrected chi connectivity index (χ3v) is 2.57. The summed E-state index contributed by atoms with van der Waals surface area (Å²) >= 11 is 0. The van der Waals surface area contributed by atoms with E-state index in [9.17, 15) is 4.79 Å². The molecule has 0 aliphatic carbocycles. The SMILES string of the molecule is CC(C)(C)/C=C(\C#N)C(=O)N1CCCCC1. The van der Waals surface area contributed by atoms with E-state index in [2.05, 4.69) is 0 Å². The molecular formula is C13H20N2O. The quantitative estimate of drug-likeness (QED) is 0.503. The van der Waals surface area contributed by atoms with Crippen LogP contribution in [0.25, 0.3) is 0 Å². The molecule has 1 aliphatic rings. The maximum absolute atomic E-state index is 12.0. The molecule has 3 nitrogen and oxygen atoms in total. The van der Waals surface area contributed by atoms with Gasteiger partial charge in [-0.1, -0.05) is 26.8 Å². The number of piperidine rings is 1. The van der Waals surface area contributed by atoms with Gasteiger partial charge >= 0.3 is 0 Å². The van der Waals surface area contributed by atoms with E-state index in [1.165, 1.54) is 6.42 Å². The van der Waals surface area contributed by atoms with E-state index in [1.807, 2.05) is 26.8 Å². The van der Waals surface area contributed by atoms with Crippen LogP contribution in [-0.2, 0) is 4.79 Å². The van der Waals surface area contributed by atoms with Crippen LogP contribution in [0.2, 0.25) is 0 Å². The van der Waals surface area contributed by atoms with Gasteiger partial charge in [0.05, 0.1) is 0 Å². The zero-order valence-corrected chi connectivity index (χ0v) is 10.4. The maximum atomic E-state index is 12.0. The zero-order valence-electron chi connectivity index (χ0n) is 10.4. The number of amides is 1. The van der Waals surface area contributed by atoms with E-state index in [-0.39, 0.29) is 16.9 Å². The first kappa shape index (κ1) is 12.8. The van der Waals surface area contributed by atoms with Gasteiger partial charge in [-0.2, -0.15) is 5.26 Å². The molecule has 0 aromatic rings. The van der Waals surface area contributed by atoms with Gasteiger partial charge in [0.2, 0.25) is 0 Å². The van der Waals surface area contributed by atoms with Gasteiger partial charge in [0.1, 0.15) is 11.6 Å². The Labute approximate surface area is 97.7 Å². The molecule has 1 saturated heterocycles. The number of allylic oxidation sites excluding steroid dienone is 1. The van der Waals surface area contributed by atoms with Gasteiger partial charge in [0.25, 0.3) is 5.91 Å². The second-order valence-corrected chi connectivity index (χ2v) is 5.39. The minimum Gasteiger partial charge on any atom is -0.338 e. The van der Waals surface area contributed by atoms with Crippen LogP contribution in [0.4, 0.5) is 0 Å². The summed E-state index contributed by atoms with van der Waals surface area (Å²) in [5, 5.41) is 9.02. The number of nitriles is 1. The van der Waals surface area contributed by atoms with Gasteiger partial charge in [0, 0.05) is 13.1 Å². The summed E-state index contributed by atoms with van der Waals surface area (Å²) in [7, 11) is 0. The summed E-state index contributed by atoms with van der Waals surface area (Å²) < 4.78 is 0. The van der Waals surface area contributed by atoms with E-state index in [4.69, 9.17) is 5.26 Å². The molecule has 0 radical (unpaired) electrons. The number of likely N-dealkylation sites (tertiary alicyclic amines) is 1. The second-order valence-electron chi connectivity index (χ2n) is 5.39. The summed E-state index contributed by atoms with van der Waals surface area (Å²) in [5.41, 5.74) is 0.158. The van der Waals surface area contributed by atoms with Crippen molar-refractivity contribution in [3.05, 3.63) is 11.6 Å². The van der Waals surface area contributed by atoms with Crippen molar-refractivity contribution in [3.63, 3.8) is 0 Å². The third-order valence-electron chi connectivity index (χ3n) is 2.57. The molecule has 1 aliphatic heterocycles. The highest BCUT2D eigenvalue weighted by Crippen LogP contribution is 2.19. The monoisotopic (exact) mass is 220 g/mol. The van der Waals surface area contributed by atoms with Crippen molar-refractivity contribution in [3.8, 4) is 6.07 Å². The van der Waals surface area contributed by atoms with Crippen LogP contribution in [-0.4, -0.2) is 23.9 Å². The van der Waals surface area contributed by atoms with Gasteiger partial charge in [-0.05, 0) is 24.7 Å². The van der Waals surface area contributed by atoms with Crippen molar-refractivity contribution in [1.82, 2.24) is 4.90 Å². The molecule has 16 heavy (non-hydrogen) atoms. The molecule has 1 fully saturated rings. The van der Waals surface area contributed by atoms with E-state index in [1.54, 1.807) is 11.0 Å². The summed E-state index contributed by atoms with van der Waals surface area (Å²) in [6.07, 6.45) is 5.07. The van der Waals surface area contributed by atoms with Crippen molar-refractivity contribution >= 4 is 5.91 Å². The summed E-state index contributed by atoms with van der Waals surface area (Å²) in [6, 6.07) is 2.03. The molecule has 0 spiro atoms. The van der Waals surface area contributed by atoms with Crippen molar-refractivity contribution in [2.45, 2.75) is 40.0 Å². The molecule has 88 valence electrons. The number of carbonyl (C=O) groups excluding carboxylic acids is 1. The van der Waals surface area contributed by atoms with Crippen molar-refractivity contribution in [2.24, 2.45) is 5.41 Å². The van der Waals surface area contributed by atoms with Crippen molar-refractivity contribution < 1.29 is 4.79 Å². The number of nitrogens with zero attached hydrogens (tertiary/aromatic N) is 2. The Morgan fingerprint density at radius 3 is 2.25 bits per heavy atom. The number of rotatable bonds is 1. The molecule has 0 unspecified atom stereocenters. The van der Waals surface area contributed by atoms with Gasteiger partial charge in [-0.3, -0.25) is 4.79 Å². The molecule has 1 amide bonds. The average molecular weight is 220 g/mol. The number of carbonyl (C=O) groups is 1. The molecule has 1 heterocycles. The lowest BCUT2D eigenvalue weighted by Crippen LogP contribution is -2.36. The Morgan fingerprint density at radius 2 is 1.81 bits per heavy atom. The smallest absolute Gasteiger partial charge is 0.264 e. The van der Waals surface area contributed by atoms with Crippen LogP contribution in [0.5, 0.6) is 0 Å². The summed E-state index contributed by atoms with van der Waals surface area (Å²) in [6.45, 7) is 7.57. The lowest BCUT2D eigenvalue weighted by molar-refractivity contribution is -0.127. The normalized spacial score (nSPS) is 18.1. The Kier molecular flexibility index (Phi) is 4.12. The minimum absolute atomic E-state index is 0.0999. The lowest BCUT2D eigenvalue weighted by atomic mass is 9.93. The van der Waals surface area contributed by atoms with Crippen molar-refractivity contribution in [1.29, 1.82) is 5.26 Å². The van der Waals surface area contributed by atoms with Gasteiger partial charge in [-0.15, -0.1) is 0 Å². The average Bonchev–Trinajstić information content (AvgIpc) is 2.25. The van der Waals surface area contributed by atoms with E-state index in [0.717, 1.165) is 25.9 Å². The van der Waals surface area contributed by atoms with Crippen LogP contribution in [0, 0.1) is 16.7 Å². The van der Waals surface area contributed by atoms with Gasteiger partial charge in [-0.25, -0.2) is 0 Å². The Bertz CT molecular complexity index is 325. The van der Waals surface area contributed by atoms with Crippen LogP contribution < -0.4 is 0 Å². The fourth-order valence-electron chi connectivity index (χ4n) is 1.84. The van der Waals surface area contributed by atoms with Gasteiger partial charge < -0.3 is 4.90 Å². The second kappa shape index (κ2) is 5.16. The lowest BCUT2D eigenvalue weighted by Gasteiger charge is -2.27. The predicted octanol–water partition coefficient (Wildman–Crippen LogP) is 2.49. The first-order valence-corrected chi connectivity index (χ1v) is 5.86. The highest BCUT2D eigenvalue weighted by atomic mass is 16.2. The van der Waals surface area contributed by atoms with Gasteiger partial charge in [0.15, 0.2) is 0 Å². The Morgan fingerprint density at radius 1 is 1.25 bits per heavy atom. The van der Waals surface area contributed by atoms with E-state index >= 15 is 0 Å². The highest BCUT2D eigenvalue weighted by molar-refractivity contribution is 5.97. The van der Waals surface area contributed by atoms with Crippen molar-refractivity contribution in [2.75, 3.05) is 13.1 Å². The molecule has 0 aromatic heterocycles. The van der Waals surface area contributed by atoms with Crippen LogP contribution in [0.3, 0.4) is 0 Å². The molecular weight excluding hydrogens is 200 g/mol. The summed E-state index contributed by atoms with van der Waals surface area (Å²) in [4.78, 5) is 13.8. The summed E-state index contributed by atoms with van der Waals surface area (Å²) in [5.74, 6) is -0.0999. The topological polar surface area (TPSA) is 44.1 Å². The van der Waals surface area contributed by atoms with E-state index in [0.29, 0.717) is 0 Å².